The number of carbonyl (C=O) groups excluding carboxylic acids is 2. The molecule has 0 radical (unpaired) electrons. The molecule has 8 heteroatoms. The van der Waals surface area contributed by atoms with Crippen LogP contribution in [-0.4, -0.2) is 38.9 Å². The van der Waals surface area contributed by atoms with Crippen molar-refractivity contribution < 1.29 is 9.59 Å². The van der Waals surface area contributed by atoms with Gasteiger partial charge in [0, 0.05) is 11.6 Å². The molecule has 1 heterocycles. The molecule has 0 spiro atoms. The summed E-state index contributed by atoms with van der Waals surface area (Å²) in [5.41, 5.74) is 0.705. The summed E-state index contributed by atoms with van der Waals surface area (Å²) in [6.45, 7) is 1.89. The molecular formula is C18H21N3O2S3. The number of thioether (sulfide) groups is 2. The van der Waals surface area contributed by atoms with E-state index in [0.29, 0.717) is 17.4 Å². The van der Waals surface area contributed by atoms with E-state index in [0.717, 1.165) is 21.5 Å². The quantitative estimate of drug-likeness (QED) is 0.526. The second kappa shape index (κ2) is 9.53. The minimum absolute atomic E-state index is 0.0607. The molecule has 1 N–H and O–H groups in total. The molecule has 1 fully saturated rings. The third kappa shape index (κ3) is 5.56. The Morgan fingerprint density at radius 3 is 2.62 bits per heavy atom. The van der Waals surface area contributed by atoms with Gasteiger partial charge in [0.25, 0.3) is 0 Å². The number of carbonyl (C=O) groups is 2. The van der Waals surface area contributed by atoms with Crippen molar-refractivity contribution in [3.05, 3.63) is 35.9 Å². The smallest absolute Gasteiger partial charge is 0.233 e. The number of rotatable bonds is 8. The third-order valence-electron chi connectivity index (χ3n) is 4.16. The van der Waals surface area contributed by atoms with E-state index in [1.165, 1.54) is 47.7 Å². The van der Waals surface area contributed by atoms with Gasteiger partial charge >= 0.3 is 0 Å². The van der Waals surface area contributed by atoms with Gasteiger partial charge in [-0.15, -0.1) is 10.2 Å². The van der Waals surface area contributed by atoms with E-state index in [1.807, 2.05) is 37.3 Å². The van der Waals surface area contributed by atoms with Crippen LogP contribution in [-0.2, 0) is 4.79 Å². The van der Waals surface area contributed by atoms with Crippen molar-refractivity contribution in [3.8, 4) is 0 Å². The Morgan fingerprint density at radius 1 is 1.19 bits per heavy atom. The molecule has 1 aliphatic carbocycles. The fraction of sp³-hybridized carbons (Fsp3) is 0.444. The molecule has 0 aliphatic heterocycles. The maximum absolute atomic E-state index is 12.3. The number of amides is 1. The van der Waals surface area contributed by atoms with Crippen LogP contribution in [0.1, 0.15) is 43.0 Å². The highest BCUT2D eigenvalue weighted by atomic mass is 32.2. The molecule has 1 aromatic carbocycles. The number of Topliss-reactive ketones (excluding diaryl/α,β-unsaturated/α-hetero) is 1. The van der Waals surface area contributed by atoms with E-state index in [1.54, 1.807) is 0 Å². The van der Waals surface area contributed by atoms with Gasteiger partial charge in [-0.25, -0.2) is 0 Å². The predicted molar refractivity (Wildman–Crippen MR) is 107 cm³/mol. The summed E-state index contributed by atoms with van der Waals surface area (Å²) in [5.74, 6) is 0.468. The molecule has 138 valence electrons. The second-order valence-corrected chi connectivity index (χ2v) is 9.95. The molecule has 1 saturated carbocycles. The Hall–Kier alpha value is -1.38. The standard InChI is InChI=1S/C18H21N3O2S3/c1-12(16(23)19-14-9-5-6-10-14)25-18-21-20-17(26-18)24-11-15(22)13-7-3-2-4-8-13/h2-4,7-8,12,14H,5-6,9-11H2,1H3,(H,19,23)/t12-/m0/s1. The third-order valence-corrected chi connectivity index (χ3v) is 7.40. The minimum atomic E-state index is -0.202. The molecule has 3 rings (SSSR count). The summed E-state index contributed by atoms with van der Waals surface area (Å²) in [7, 11) is 0. The maximum Gasteiger partial charge on any atom is 0.233 e. The topological polar surface area (TPSA) is 72.0 Å². The zero-order chi connectivity index (χ0) is 18.4. The van der Waals surface area contributed by atoms with Crippen LogP contribution in [0.3, 0.4) is 0 Å². The van der Waals surface area contributed by atoms with Gasteiger partial charge in [-0.05, 0) is 19.8 Å². The van der Waals surface area contributed by atoms with Crippen LogP contribution >= 0.6 is 34.9 Å². The van der Waals surface area contributed by atoms with Crippen LogP contribution in [0.2, 0.25) is 0 Å². The summed E-state index contributed by atoms with van der Waals surface area (Å²) in [6.07, 6.45) is 4.56. The average Bonchev–Trinajstić information content (AvgIpc) is 3.32. The molecular weight excluding hydrogens is 386 g/mol. The first-order valence-corrected chi connectivity index (χ1v) is 11.3. The van der Waals surface area contributed by atoms with Crippen LogP contribution in [0.5, 0.6) is 0 Å². The zero-order valence-corrected chi connectivity index (χ0v) is 17.0. The Bertz CT molecular complexity index is 745. The van der Waals surface area contributed by atoms with E-state index in [-0.39, 0.29) is 16.9 Å². The molecule has 5 nitrogen and oxygen atoms in total. The monoisotopic (exact) mass is 407 g/mol. The van der Waals surface area contributed by atoms with Crippen LogP contribution in [0.4, 0.5) is 0 Å². The van der Waals surface area contributed by atoms with Crippen LogP contribution in [0.25, 0.3) is 0 Å². The van der Waals surface area contributed by atoms with Crippen molar-refractivity contribution in [2.75, 3.05) is 5.75 Å². The number of aromatic nitrogens is 2. The molecule has 0 bridgehead atoms. The van der Waals surface area contributed by atoms with E-state index in [2.05, 4.69) is 15.5 Å². The first-order chi connectivity index (χ1) is 12.6. The lowest BCUT2D eigenvalue weighted by Gasteiger charge is -2.15. The highest BCUT2D eigenvalue weighted by Gasteiger charge is 2.22. The largest absolute Gasteiger partial charge is 0.352 e. The molecule has 1 atom stereocenters. The molecule has 1 aliphatic rings. The zero-order valence-electron chi connectivity index (χ0n) is 14.5. The highest BCUT2D eigenvalue weighted by Crippen LogP contribution is 2.31. The normalized spacial score (nSPS) is 15.7. The first kappa shape index (κ1) is 19.4. The van der Waals surface area contributed by atoms with Crippen molar-refractivity contribution in [1.29, 1.82) is 0 Å². The number of hydrogen-bond acceptors (Lipinski definition) is 7. The van der Waals surface area contributed by atoms with Gasteiger partial charge in [0.15, 0.2) is 14.5 Å². The average molecular weight is 408 g/mol. The SMILES string of the molecule is C[C@H](Sc1nnc(SCC(=O)c2ccccc2)s1)C(=O)NC1CCCC1. The van der Waals surface area contributed by atoms with Crippen LogP contribution in [0.15, 0.2) is 39.0 Å². The lowest BCUT2D eigenvalue weighted by molar-refractivity contribution is -0.120. The van der Waals surface area contributed by atoms with Crippen molar-refractivity contribution in [2.24, 2.45) is 0 Å². The summed E-state index contributed by atoms with van der Waals surface area (Å²) < 4.78 is 1.51. The Kier molecular flexibility index (Phi) is 7.10. The van der Waals surface area contributed by atoms with Crippen molar-refractivity contribution in [2.45, 2.75) is 52.6 Å². The van der Waals surface area contributed by atoms with Gasteiger partial charge in [-0.1, -0.05) is 78.0 Å². The molecule has 0 unspecified atom stereocenters. The first-order valence-electron chi connectivity index (χ1n) is 8.63. The Labute approximate surface area is 165 Å². The summed E-state index contributed by atoms with van der Waals surface area (Å²) in [4.78, 5) is 24.4. The number of nitrogens with zero attached hydrogens (tertiary/aromatic N) is 2. The van der Waals surface area contributed by atoms with E-state index in [9.17, 15) is 9.59 Å². The predicted octanol–water partition coefficient (Wildman–Crippen LogP) is 4.05. The lowest BCUT2D eigenvalue weighted by atomic mass is 10.2. The second-order valence-electron chi connectivity index (χ2n) is 6.16. The van der Waals surface area contributed by atoms with Crippen LogP contribution in [0, 0.1) is 0 Å². The van der Waals surface area contributed by atoms with Crippen molar-refractivity contribution >= 4 is 46.6 Å². The van der Waals surface area contributed by atoms with Gasteiger partial charge in [0.1, 0.15) is 0 Å². The van der Waals surface area contributed by atoms with Crippen LogP contribution < -0.4 is 5.32 Å². The number of benzene rings is 1. The van der Waals surface area contributed by atoms with E-state index in [4.69, 9.17) is 0 Å². The lowest BCUT2D eigenvalue weighted by Crippen LogP contribution is -2.37. The fourth-order valence-corrected chi connectivity index (χ4v) is 5.80. The number of hydrogen-bond donors (Lipinski definition) is 1. The highest BCUT2D eigenvalue weighted by molar-refractivity contribution is 8.04. The van der Waals surface area contributed by atoms with E-state index < -0.39 is 0 Å². The van der Waals surface area contributed by atoms with Gasteiger partial charge in [0.05, 0.1) is 11.0 Å². The maximum atomic E-state index is 12.3. The van der Waals surface area contributed by atoms with Crippen molar-refractivity contribution in [3.63, 3.8) is 0 Å². The molecule has 0 saturated heterocycles. The fourth-order valence-electron chi connectivity index (χ4n) is 2.73. The molecule has 26 heavy (non-hydrogen) atoms. The van der Waals surface area contributed by atoms with Gasteiger partial charge in [-0.2, -0.15) is 0 Å². The van der Waals surface area contributed by atoms with E-state index >= 15 is 0 Å². The summed E-state index contributed by atoms with van der Waals surface area (Å²) >= 11 is 4.24. The van der Waals surface area contributed by atoms with Gasteiger partial charge in [0.2, 0.25) is 5.91 Å². The van der Waals surface area contributed by atoms with Crippen molar-refractivity contribution in [1.82, 2.24) is 15.5 Å². The Balaban J connectivity index is 1.46. The van der Waals surface area contributed by atoms with Gasteiger partial charge < -0.3 is 5.32 Å². The number of ketones is 1. The summed E-state index contributed by atoms with van der Waals surface area (Å²) in [5, 5.41) is 11.2. The Morgan fingerprint density at radius 2 is 1.88 bits per heavy atom. The molecule has 1 aromatic heterocycles. The number of nitrogens with one attached hydrogen (secondary N) is 1. The molecule has 2 aromatic rings. The minimum Gasteiger partial charge on any atom is -0.352 e. The summed E-state index contributed by atoms with van der Waals surface area (Å²) in [6, 6.07) is 9.56. The molecule has 1 amide bonds. The van der Waals surface area contributed by atoms with Gasteiger partial charge in [-0.3, -0.25) is 9.59 Å².